The van der Waals surface area contributed by atoms with E-state index >= 15 is 0 Å². The summed E-state index contributed by atoms with van der Waals surface area (Å²) < 4.78 is 19.8. The molecule has 0 aliphatic heterocycles. The van der Waals surface area contributed by atoms with Crippen molar-refractivity contribution in [3.8, 4) is 17.0 Å². The quantitative estimate of drug-likeness (QED) is 0.527. The van der Waals surface area contributed by atoms with Gasteiger partial charge in [0, 0.05) is 11.1 Å². The number of nitrogens with zero attached hydrogens (tertiary/aromatic N) is 3. The Balaban J connectivity index is 1.76. The predicted octanol–water partition coefficient (Wildman–Crippen LogP) is 3.78. The highest BCUT2D eigenvalue weighted by Gasteiger charge is 2.16. The van der Waals surface area contributed by atoms with E-state index in [-0.39, 0.29) is 11.6 Å². The van der Waals surface area contributed by atoms with E-state index < -0.39 is 0 Å². The predicted molar refractivity (Wildman–Crippen MR) is 94.8 cm³/mol. The summed E-state index contributed by atoms with van der Waals surface area (Å²) in [6, 6.07) is 16.5. The van der Waals surface area contributed by atoms with Gasteiger partial charge in [-0.3, -0.25) is 4.79 Å². The van der Waals surface area contributed by atoms with E-state index in [0.29, 0.717) is 22.6 Å². The molecule has 2 aromatic carbocycles. The van der Waals surface area contributed by atoms with Gasteiger partial charge in [0.05, 0.1) is 19.0 Å². The molecule has 4 aromatic rings. The highest BCUT2D eigenvalue weighted by atomic mass is 19.1. The summed E-state index contributed by atoms with van der Waals surface area (Å²) >= 11 is 0. The van der Waals surface area contributed by atoms with Crippen molar-refractivity contribution in [3.63, 3.8) is 0 Å². The molecule has 2 aromatic heterocycles. The summed E-state index contributed by atoms with van der Waals surface area (Å²) in [7, 11) is 1.61. The summed E-state index contributed by atoms with van der Waals surface area (Å²) in [4.78, 5) is 17.0. The number of hydrogen-bond acceptors (Lipinski definition) is 4. The third-order valence-corrected chi connectivity index (χ3v) is 4.09. The highest BCUT2D eigenvalue weighted by molar-refractivity contribution is 6.08. The van der Waals surface area contributed by atoms with Crippen LogP contribution in [0.1, 0.15) is 16.1 Å². The summed E-state index contributed by atoms with van der Waals surface area (Å²) in [5, 5.41) is 4.54. The van der Waals surface area contributed by atoms with Gasteiger partial charge in [-0.2, -0.15) is 5.10 Å². The molecule has 0 N–H and O–H groups in total. The number of carbonyl (C=O) groups is 1. The fourth-order valence-corrected chi connectivity index (χ4v) is 2.69. The van der Waals surface area contributed by atoms with Crippen LogP contribution < -0.4 is 4.74 Å². The summed E-state index contributed by atoms with van der Waals surface area (Å²) in [5.74, 6) is 0.0983. The largest absolute Gasteiger partial charge is 0.497 e. The fraction of sp³-hybridized carbons (Fsp3) is 0.0500. The maximum Gasteiger partial charge on any atom is 0.213 e. The lowest BCUT2D eigenvalue weighted by Crippen LogP contribution is -2.07. The van der Waals surface area contributed by atoms with Gasteiger partial charge < -0.3 is 4.74 Å². The first-order chi connectivity index (χ1) is 12.7. The minimum atomic E-state index is -0.389. The van der Waals surface area contributed by atoms with Crippen LogP contribution in [0.25, 0.3) is 16.9 Å². The molecule has 4 rings (SSSR count). The van der Waals surface area contributed by atoms with Crippen LogP contribution in [-0.2, 0) is 0 Å². The second-order valence-corrected chi connectivity index (χ2v) is 5.70. The monoisotopic (exact) mass is 347 g/mol. The minimum absolute atomic E-state index is 0.267. The second-order valence-electron chi connectivity index (χ2n) is 5.70. The Morgan fingerprint density at radius 3 is 2.42 bits per heavy atom. The number of benzene rings is 2. The lowest BCUT2D eigenvalue weighted by atomic mass is 10.1. The molecule has 2 heterocycles. The van der Waals surface area contributed by atoms with Gasteiger partial charge in [-0.15, -0.1) is 0 Å². The van der Waals surface area contributed by atoms with Gasteiger partial charge >= 0.3 is 0 Å². The van der Waals surface area contributed by atoms with Crippen LogP contribution in [0.4, 0.5) is 4.39 Å². The summed E-state index contributed by atoms with van der Waals surface area (Å²) in [5.41, 5.74) is 2.85. The molecule has 0 unspecified atom stereocenters. The summed E-state index contributed by atoms with van der Waals surface area (Å²) in [6.07, 6.45) is 1.48. The molecule has 0 aliphatic rings. The van der Waals surface area contributed by atoms with Crippen LogP contribution in [0, 0.1) is 5.82 Å². The van der Waals surface area contributed by atoms with Crippen molar-refractivity contribution < 1.29 is 13.9 Å². The molecular formula is C20H14FN3O2. The summed E-state index contributed by atoms with van der Waals surface area (Å²) in [6.45, 7) is 0. The molecule has 0 atom stereocenters. The minimum Gasteiger partial charge on any atom is -0.497 e. The molecule has 0 bridgehead atoms. The van der Waals surface area contributed by atoms with Crippen LogP contribution in [0.5, 0.6) is 5.75 Å². The van der Waals surface area contributed by atoms with E-state index in [1.54, 1.807) is 13.2 Å². The Bertz CT molecular complexity index is 1090. The Kier molecular flexibility index (Phi) is 3.93. The number of fused-ring (bicyclic) bond motifs is 1. The van der Waals surface area contributed by atoms with Crippen molar-refractivity contribution in [2.45, 2.75) is 0 Å². The van der Waals surface area contributed by atoms with E-state index in [9.17, 15) is 9.18 Å². The van der Waals surface area contributed by atoms with Gasteiger partial charge in [-0.1, -0.05) is 0 Å². The molecule has 0 radical (unpaired) electrons. The number of halogens is 1. The zero-order valence-electron chi connectivity index (χ0n) is 13.9. The van der Waals surface area contributed by atoms with Gasteiger partial charge in [0.2, 0.25) is 5.78 Å². The van der Waals surface area contributed by atoms with E-state index in [2.05, 4.69) is 10.1 Å². The van der Waals surface area contributed by atoms with Crippen LogP contribution in [0.3, 0.4) is 0 Å². The third-order valence-electron chi connectivity index (χ3n) is 4.09. The maximum atomic E-state index is 13.1. The average molecular weight is 347 g/mol. The number of ketones is 1. The molecule has 0 amide bonds. The van der Waals surface area contributed by atoms with Crippen LogP contribution in [0.15, 0.2) is 66.9 Å². The smallest absolute Gasteiger partial charge is 0.213 e. The number of imidazole rings is 1. The van der Waals surface area contributed by atoms with E-state index in [1.165, 1.54) is 35.0 Å². The number of hydrogen-bond donors (Lipinski definition) is 0. The molecule has 5 nitrogen and oxygen atoms in total. The first kappa shape index (κ1) is 16.0. The zero-order valence-corrected chi connectivity index (χ0v) is 13.9. The van der Waals surface area contributed by atoms with Crippen molar-refractivity contribution in [2.75, 3.05) is 7.11 Å². The first-order valence-corrected chi connectivity index (χ1v) is 7.95. The standard InChI is InChI=1S/C20H14FN3O2/c1-26-16-8-4-13(5-9-16)17-10-11-19-22-12-18(24(19)23-17)20(25)14-2-6-15(21)7-3-14/h2-12H,1H3. The van der Waals surface area contributed by atoms with Crippen LogP contribution in [-0.4, -0.2) is 27.5 Å². The molecule has 128 valence electrons. The van der Waals surface area contributed by atoms with Crippen molar-refractivity contribution >= 4 is 11.4 Å². The SMILES string of the molecule is COc1ccc(-c2ccc3ncc(C(=O)c4ccc(F)cc4)n3n2)cc1. The van der Waals surface area contributed by atoms with Crippen molar-refractivity contribution in [3.05, 3.63) is 83.9 Å². The molecule has 0 saturated carbocycles. The molecule has 0 spiro atoms. The number of aromatic nitrogens is 3. The van der Waals surface area contributed by atoms with E-state index in [4.69, 9.17) is 4.74 Å². The third kappa shape index (κ3) is 2.82. The maximum absolute atomic E-state index is 13.1. The van der Waals surface area contributed by atoms with Crippen molar-refractivity contribution in [1.82, 2.24) is 14.6 Å². The Morgan fingerprint density at radius 1 is 1.00 bits per heavy atom. The van der Waals surface area contributed by atoms with E-state index in [0.717, 1.165) is 11.3 Å². The van der Waals surface area contributed by atoms with Gasteiger partial charge in [-0.05, 0) is 60.7 Å². The van der Waals surface area contributed by atoms with Crippen molar-refractivity contribution in [2.24, 2.45) is 0 Å². The van der Waals surface area contributed by atoms with Gasteiger partial charge in [-0.25, -0.2) is 13.9 Å². The molecule has 6 heteroatoms. The molecule has 0 saturated heterocycles. The normalized spacial score (nSPS) is 10.8. The molecule has 0 fully saturated rings. The lowest BCUT2D eigenvalue weighted by Gasteiger charge is -2.05. The van der Waals surface area contributed by atoms with Gasteiger partial charge in [0.25, 0.3) is 0 Å². The topological polar surface area (TPSA) is 56.5 Å². The Hall–Kier alpha value is -3.54. The average Bonchev–Trinajstić information content (AvgIpc) is 3.11. The van der Waals surface area contributed by atoms with E-state index in [1.807, 2.05) is 30.3 Å². The number of carbonyl (C=O) groups excluding carboxylic acids is 1. The van der Waals surface area contributed by atoms with Crippen LogP contribution >= 0.6 is 0 Å². The van der Waals surface area contributed by atoms with Gasteiger partial charge in [0.15, 0.2) is 5.65 Å². The zero-order chi connectivity index (χ0) is 18.1. The Labute approximate surface area is 148 Å². The number of rotatable bonds is 4. The molecule has 0 aliphatic carbocycles. The molecular weight excluding hydrogens is 333 g/mol. The lowest BCUT2D eigenvalue weighted by molar-refractivity contribution is 0.103. The number of methoxy groups -OCH3 is 1. The fourth-order valence-electron chi connectivity index (χ4n) is 2.69. The van der Waals surface area contributed by atoms with Gasteiger partial charge in [0.1, 0.15) is 17.3 Å². The van der Waals surface area contributed by atoms with Crippen molar-refractivity contribution in [1.29, 1.82) is 0 Å². The molecule has 26 heavy (non-hydrogen) atoms. The van der Waals surface area contributed by atoms with Crippen LogP contribution in [0.2, 0.25) is 0 Å². The Morgan fingerprint density at radius 2 is 1.73 bits per heavy atom. The first-order valence-electron chi connectivity index (χ1n) is 7.95. The second kappa shape index (κ2) is 6.40. The number of ether oxygens (including phenoxy) is 1. The highest BCUT2D eigenvalue weighted by Crippen LogP contribution is 2.21.